The molecule has 5 nitrogen and oxygen atoms in total. The van der Waals surface area contributed by atoms with Crippen LogP contribution in [0, 0.1) is 0 Å². The Balaban J connectivity index is 2.21. The molecule has 0 aromatic heterocycles. The first kappa shape index (κ1) is 28.2. The van der Waals surface area contributed by atoms with Gasteiger partial charge < -0.3 is 19.7 Å². The molecule has 0 radical (unpaired) electrons. The fourth-order valence-corrected chi connectivity index (χ4v) is 3.28. The average molecular weight is 457 g/mol. The molecule has 0 amide bonds. The van der Waals surface area contributed by atoms with Crippen molar-refractivity contribution < 1.29 is 24.5 Å². The van der Waals surface area contributed by atoms with Crippen LogP contribution in [0.15, 0.2) is 60.7 Å². The molecule has 2 N–H and O–H groups in total. The summed E-state index contributed by atoms with van der Waals surface area (Å²) in [5.41, 5.74) is 0.211. The van der Waals surface area contributed by atoms with E-state index in [-0.39, 0.29) is 23.2 Å². The summed E-state index contributed by atoms with van der Waals surface area (Å²) in [6.45, 7) is 2.08. The maximum Gasteiger partial charge on any atom is 0.170 e. The maximum absolute atomic E-state index is 12.5. The molecule has 0 bridgehead atoms. The number of ether oxygens (including phenoxy) is 2. The summed E-state index contributed by atoms with van der Waals surface area (Å²) in [7, 11) is 2.96. The van der Waals surface area contributed by atoms with Crippen LogP contribution in [0.2, 0.25) is 0 Å². The summed E-state index contributed by atoms with van der Waals surface area (Å²) in [4.78, 5) is 12.5. The molecule has 0 heterocycles. The number of phenols is 1. The van der Waals surface area contributed by atoms with Gasteiger partial charge in [-0.3, -0.25) is 4.79 Å². The number of methoxy groups -OCH3 is 2. The number of rotatable bonds is 17. The van der Waals surface area contributed by atoms with Crippen molar-refractivity contribution in [1.82, 2.24) is 0 Å². The Morgan fingerprint density at radius 2 is 1.55 bits per heavy atom. The van der Waals surface area contributed by atoms with Gasteiger partial charge in [-0.25, -0.2) is 0 Å². The van der Waals surface area contributed by atoms with E-state index in [0.717, 1.165) is 44.9 Å². The largest absolute Gasteiger partial charge is 0.507 e. The van der Waals surface area contributed by atoms with E-state index in [9.17, 15) is 15.0 Å². The van der Waals surface area contributed by atoms with Gasteiger partial charge in [0.05, 0.1) is 20.3 Å². The molecule has 182 valence electrons. The molecule has 0 aliphatic rings. The Morgan fingerprint density at radius 1 is 0.939 bits per heavy atom. The molecule has 0 saturated carbocycles. The van der Waals surface area contributed by atoms with Gasteiger partial charge in [0, 0.05) is 18.6 Å². The summed E-state index contributed by atoms with van der Waals surface area (Å²) in [6, 6.07) is 3.03. The second-order valence-corrected chi connectivity index (χ2v) is 7.81. The van der Waals surface area contributed by atoms with Gasteiger partial charge in [0.2, 0.25) is 0 Å². The molecule has 1 aromatic carbocycles. The summed E-state index contributed by atoms with van der Waals surface area (Å²) < 4.78 is 10.3. The average Bonchev–Trinajstić information content (AvgIpc) is 2.80. The first-order valence-electron chi connectivity index (χ1n) is 11.8. The minimum absolute atomic E-state index is 0.118. The highest BCUT2D eigenvalue weighted by atomic mass is 16.5. The topological polar surface area (TPSA) is 76.0 Å². The van der Waals surface area contributed by atoms with Crippen LogP contribution in [0.5, 0.6) is 17.2 Å². The van der Waals surface area contributed by atoms with Gasteiger partial charge in [-0.2, -0.15) is 0 Å². The summed E-state index contributed by atoms with van der Waals surface area (Å²) >= 11 is 0. The number of unbranched alkanes of at least 4 members (excludes halogenated alkanes) is 1. The lowest BCUT2D eigenvalue weighted by Crippen LogP contribution is -2.03. The van der Waals surface area contributed by atoms with Crippen molar-refractivity contribution in [3.8, 4) is 17.2 Å². The minimum atomic E-state index is -0.211. The highest BCUT2D eigenvalue weighted by molar-refractivity contribution is 6.01. The number of carbonyl (C=O) groups excluding carboxylic acids is 1. The van der Waals surface area contributed by atoms with E-state index in [1.807, 2.05) is 0 Å². The predicted octanol–water partition coefficient (Wildman–Crippen LogP) is 6.71. The van der Waals surface area contributed by atoms with Crippen molar-refractivity contribution in [3.05, 3.63) is 66.3 Å². The van der Waals surface area contributed by atoms with Crippen LogP contribution in [0.25, 0.3) is 0 Å². The first-order valence-corrected chi connectivity index (χ1v) is 11.8. The summed E-state index contributed by atoms with van der Waals surface area (Å²) in [5, 5.41) is 19.8. The quantitative estimate of drug-likeness (QED) is 0.155. The van der Waals surface area contributed by atoms with Crippen LogP contribution in [-0.2, 0) is 0 Å². The number of hydrogen-bond donors (Lipinski definition) is 2. The van der Waals surface area contributed by atoms with E-state index in [2.05, 4.69) is 55.5 Å². The number of aliphatic hydroxyl groups excluding tert-OH is 1. The molecule has 0 spiro atoms. The standard InChI is InChI=1S/C28H40O5/c1-4-18-23(29)19-16-14-12-10-8-6-5-7-9-11-13-15-17-20-25(30)28-26(31)21-24(32-2)22-27(28)33-3/h5,7-8,10-11,13-14,16,21-23,29,31H,4,6,9,12,15,17-20H2,1-3H3. The van der Waals surface area contributed by atoms with Crippen molar-refractivity contribution >= 4 is 5.78 Å². The number of ketones is 1. The SMILES string of the molecule is CCCC(O)CC=CCC=CCC=CCC=CCCCC(=O)c1c(O)cc(OC)cc1OC. The molecular formula is C28H40O5. The monoisotopic (exact) mass is 456 g/mol. The number of aromatic hydroxyl groups is 1. The smallest absolute Gasteiger partial charge is 0.170 e. The number of hydrogen-bond acceptors (Lipinski definition) is 5. The lowest BCUT2D eigenvalue weighted by Gasteiger charge is -2.11. The molecule has 0 aliphatic heterocycles. The van der Waals surface area contributed by atoms with Crippen LogP contribution in [0.3, 0.4) is 0 Å². The van der Waals surface area contributed by atoms with Crippen LogP contribution in [0.1, 0.15) is 75.1 Å². The number of aliphatic hydroxyl groups is 1. The second kappa shape index (κ2) is 17.7. The van der Waals surface area contributed by atoms with Crippen LogP contribution < -0.4 is 9.47 Å². The van der Waals surface area contributed by atoms with Crippen molar-refractivity contribution in [2.24, 2.45) is 0 Å². The van der Waals surface area contributed by atoms with Crippen molar-refractivity contribution in [1.29, 1.82) is 0 Å². The number of Topliss-reactive ketones (excluding diaryl/α,β-unsaturated/α-hetero) is 1. The van der Waals surface area contributed by atoms with Gasteiger partial charge in [-0.1, -0.05) is 62.0 Å². The lowest BCUT2D eigenvalue weighted by molar-refractivity contribution is 0.0974. The van der Waals surface area contributed by atoms with Gasteiger partial charge in [0.1, 0.15) is 22.8 Å². The van der Waals surface area contributed by atoms with Gasteiger partial charge in [0.15, 0.2) is 5.78 Å². The molecule has 1 rings (SSSR count). The van der Waals surface area contributed by atoms with Crippen LogP contribution >= 0.6 is 0 Å². The zero-order valence-corrected chi connectivity index (χ0v) is 20.3. The number of benzene rings is 1. The van der Waals surface area contributed by atoms with Crippen molar-refractivity contribution in [2.45, 2.75) is 70.8 Å². The maximum atomic E-state index is 12.5. The zero-order valence-electron chi connectivity index (χ0n) is 20.3. The number of phenolic OH excluding ortho intramolecular Hbond substituents is 1. The lowest BCUT2D eigenvalue weighted by atomic mass is 10.0. The minimum Gasteiger partial charge on any atom is -0.507 e. The van der Waals surface area contributed by atoms with E-state index in [0.29, 0.717) is 24.3 Å². The fraction of sp³-hybridized carbons (Fsp3) is 0.464. The van der Waals surface area contributed by atoms with E-state index < -0.39 is 0 Å². The Kier molecular flexibility index (Phi) is 15.2. The third kappa shape index (κ3) is 12.1. The summed E-state index contributed by atoms with van der Waals surface area (Å²) in [5.74, 6) is 0.517. The van der Waals surface area contributed by atoms with Gasteiger partial charge in [0.25, 0.3) is 0 Å². The molecule has 1 unspecified atom stereocenters. The van der Waals surface area contributed by atoms with E-state index in [4.69, 9.17) is 9.47 Å². The Morgan fingerprint density at radius 3 is 2.12 bits per heavy atom. The van der Waals surface area contributed by atoms with E-state index in [1.54, 1.807) is 6.07 Å². The van der Waals surface area contributed by atoms with Gasteiger partial charge in [-0.05, 0) is 44.9 Å². The van der Waals surface area contributed by atoms with E-state index >= 15 is 0 Å². The van der Waals surface area contributed by atoms with Crippen molar-refractivity contribution in [3.63, 3.8) is 0 Å². The molecular weight excluding hydrogens is 416 g/mol. The first-order chi connectivity index (χ1) is 16.0. The van der Waals surface area contributed by atoms with Gasteiger partial charge >= 0.3 is 0 Å². The highest BCUT2D eigenvalue weighted by Crippen LogP contribution is 2.34. The summed E-state index contributed by atoms with van der Waals surface area (Å²) in [6.07, 6.45) is 23.8. The molecule has 5 heteroatoms. The van der Waals surface area contributed by atoms with Crippen LogP contribution in [-0.4, -0.2) is 36.3 Å². The second-order valence-electron chi connectivity index (χ2n) is 7.81. The molecule has 0 fully saturated rings. The molecule has 0 aliphatic carbocycles. The molecule has 1 atom stereocenters. The van der Waals surface area contributed by atoms with Crippen LogP contribution in [0.4, 0.5) is 0 Å². The molecule has 33 heavy (non-hydrogen) atoms. The highest BCUT2D eigenvalue weighted by Gasteiger charge is 2.18. The third-order valence-corrected chi connectivity index (χ3v) is 5.08. The predicted molar refractivity (Wildman–Crippen MR) is 135 cm³/mol. The molecule has 0 saturated heterocycles. The number of allylic oxidation sites excluding steroid dienone is 7. The Bertz CT molecular complexity index is 805. The van der Waals surface area contributed by atoms with Crippen molar-refractivity contribution in [2.75, 3.05) is 14.2 Å². The fourth-order valence-electron chi connectivity index (χ4n) is 3.28. The van der Waals surface area contributed by atoms with Gasteiger partial charge in [-0.15, -0.1) is 0 Å². The normalized spacial score (nSPS) is 13.0. The Labute approximate surface area is 199 Å². The Hall–Kier alpha value is -2.79. The number of carbonyl (C=O) groups is 1. The zero-order chi connectivity index (χ0) is 24.3. The third-order valence-electron chi connectivity index (χ3n) is 5.08. The molecule has 1 aromatic rings. The van der Waals surface area contributed by atoms with E-state index in [1.165, 1.54) is 20.3 Å².